The van der Waals surface area contributed by atoms with E-state index < -0.39 is 29.4 Å². The SMILES string of the molecule is O=C(O)C(=O)C1C(=O)CNC1=O. The second kappa shape index (κ2) is 2.72. The van der Waals surface area contributed by atoms with E-state index in [-0.39, 0.29) is 6.54 Å². The van der Waals surface area contributed by atoms with Crippen molar-refractivity contribution in [2.45, 2.75) is 0 Å². The number of carboxylic acid groups (broad SMARTS) is 1. The molecule has 1 aliphatic heterocycles. The Balaban J connectivity index is 2.87. The van der Waals surface area contributed by atoms with Crippen molar-refractivity contribution in [3.05, 3.63) is 0 Å². The topological polar surface area (TPSA) is 101 Å². The molecule has 2 N–H and O–H groups in total. The Morgan fingerprint density at radius 2 is 2.00 bits per heavy atom. The zero-order chi connectivity index (χ0) is 9.30. The van der Waals surface area contributed by atoms with Gasteiger partial charge in [-0.05, 0) is 0 Å². The average molecular weight is 171 g/mol. The number of carbonyl (C=O) groups is 4. The summed E-state index contributed by atoms with van der Waals surface area (Å²) < 4.78 is 0. The van der Waals surface area contributed by atoms with Gasteiger partial charge in [0.25, 0.3) is 5.78 Å². The lowest BCUT2D eigenvalue weighted by Gasteiger charge is -1.97. The number of carboxylic acids is 1. The molecule has 1 heterocycles. The van der Waals surface area contributed by atoms with Crippen LogP contribution in [-0.2, 0) is 19.2 Å². The highest BCUT2D eigenvalue weighted by molar-refractivity contribution is 6.44. The molecule has 1 rings (SSSR count). The van der Waals surface area contributed by atoms with Gasteiger partial charge in [-0.1, -0.05) is 0 Å². The molecule has 0 aromatic carbocycles. The Morgan fingerprint density at radius 3 is 2.33 bits per heavy atom. The average Bonchev–Trinajstić information content (AvgIpc) is 2.30. The van der Waals surface area contributed by atoms with E-state index in [1.807, 2.05) is 0 Å². The molecule has 0 bridgehead atoms. The van der Waals surface area contributed by atoms with Gasteiger partial charge in [-0.2, -0.15) is 0 Å². The van der Waals surface area contributed by atoms with Gasteiger partial charge < -0.3 is 10.4 Å². The second-order valence-corrected chi connectivity index (χ2v) is 2.29. The smallest absolute Gasteiger partial charge is 0.373 e. The predicted molar refractivity (Wildman–Crippen MR) is 34.1 cm³/mol. The number of aliphatic carboxylic acids is 1. The van der Waals surface area contributed by atoms with E-state index in [1.165, 1.54) is 0 Å². The van der Waals surface area contributed by atoms with Crippen LogP contribution in [0.3, 0.4) is 0 Å². The lowest BCUT2D eigenvalue weighted by molar-refractivity contribution is -0.153. The molecule has 64 valence electrons. The summed E-state index contributed by atoms with van der Waals surface area (Å²) in [5, 5.41) is 10.3. The molecule has 1 aliphatic rings. The van der Waals surface area contributed by atoms with Crippen molar-refractivity contribution in [1.82, 2.24) is 5.32 Å². The summed E-state index contributed by atoms with van der Waals surface area (Å²) >= 11 is 0. The van der Waals surface area contributed by atoms with Crippen molar-refractivity contribution in [2.24, 2.45) is 5.92 Å². The molecule has 6 heteroatoms. The van der Waals surface area contributed by atoms with Gasteiger partial charge in [-0.25, -0.2) is 4.79 Å². The molecule has 0 aliphatic carbocycles. The van der Waals surface area contributed by atoms with Crippen LogP contribution >= 0.6 is 0 Å². The molecule has 0 saturated carbocycles. The number of carbonyl (C=O) groups excluding carboxylic acids is 3. The highest BCUT2D eigenvalue weighted by Crippen LogP contribution is 2.06. The highest BCUT2D eigenvalue weighted by Gasteiger charge is 2.41. The monoisotopic (exact) mass is 171 g/mol. The van der Waals surface area contributed by atoms with Crippen LogP contribution in [0.15, 0.2) is 0 Å². The van der Waals surface area contributed by atoms with Crippen molar-refractivity contribution < 1.29 is 24.3 Å². The van der Waals surface area contributed by atoms with Gasteiger partial charge in [0.05, 0.1) is 6.54 Å². The lowest BCUT2D eigenvalue weighted by Crippen LogP contribution is -2.32. The molecule has 1 unspecified atom stereocenters. The first-order chi connectivity index (χ1) is 5.54. The fourth-order valence-electron chi connectivity index (χ4n) is 0.913. The summed E-state index contributed by atoms with van der Waals surface area (Å²) in [6.45, 7) is -0.261. The van der Waals surface area contributed by atoms with Gasteiger partial charge in [0, 0.05) is 0 Å². The summed E-state index contributed by atoms with van der Waals surface area (Å²) in [6.07, 6.45) is 0. The van der Waals surface area contributed by atoms with Crippen molar-refractivity contribution in [1.29, 1.82) is 0 Å². The highest BCUT2D eigenvalue weighted by atomic mass is 16.4. The van der Waals surface area contributed by atoms with Crippen LogP contribution in [-0.4, -0.2) is 35.1 Å². The number of rotatable bonds is 2. The Labute approximate surface area is 66.5 Å². The second-order valence-electron chi connectivity index (χ2n) is 2.29. The molecule has 6 nitrogen and oxygen atoms in total. The first-order valence-corrected chi connectivity index (χ1v) is 3.11. The van der Waals surface area contributed by atoms with E-state index in [2.05, 4.69) is 5.32 Å². The Bertz CT molecular complexity index is 266. The third-order valence-electron chi connectivity index (χ3n) is 1.49. The number of Topliss-reactive ketones (excluding diaryl/α,β-unsaturated/α-hetero) is 2. The maximum absolute atomic E-state index is 10.8. The molecular formula is C6H5NO5. The minimum atomic E-state index is -1.76. The number of amides is 1. The first kappa shape index (κ1) is 8.38. The van der Waals surface area contributed by atoms with Gasteiger partial charge in [-0.3, -0.25) is 14.4 Å². The quantitative estimate of drug-likeness (QED) is 0.368. The summed E-state index contributed by atoms with van der Waals surface area (Å²) in [5.41, 5.74) is 0. The summed E-state index contributed by atoms with van der Waals surface area (Å²) in [6, 6.07) is 0. The van der Waals surface area contributed by atoms with Gasteiger partial charge >= 0.3 is 5.97 Å². The van der Waals surface area contributed by atoms with Gasteiger partial charge in [0.2, 0.25) is 5.91 Å². The van der Waals surface area contributed by atoms with Crippen molar-refractivity contribution in [2.75, 3.05) is 6.54 Å². The third-order valence-corrected chi connectivity index (χ3v) is 1.49. The number of hydrogen-bond acceptors (Lipinski definition) is 4. The maximum Gasteiger partial charge on any atom is 0.373 e. The lowest BCUT2D eigenvalue weighted by atomic mass is 10.0. The van der Waals surface area contributed by atoms with Crippen molar-refractivity contribution in [3.63, 3.8) is 0 Å². The van der Waals surface area contributed by atoms with Gasteiger partial charge in [0.1, 0.15) is 0 Å². The predicted octanol–water partition coefficient (Wildman–Crippen LogP) is -2.04. The van der Waals surface area contributed by atoms with Crippen LogP contribution in [0.1, 0.15) is 0 Å². The van der Waals surface area contributed by atoms with Crippen molar-refractivity contribution >= 4 is 23.4 Å². The molecule has 1 fully saturated rings. The van der Waals surface area contributed by atoms with E-state index in [0.29, 0.717) is 0 Å². The van der Waals surface area contributed by atoms with E-state index >= 15 is 0 Å². The Kier molecular flexibility index (Phi) is 1.90. The zero-order valence-corrected chi connectivity index (χ0v) is 5.86. The van der Waals surface area contributed by atoms with Crippen LogP contribution in [0.4, 0.5) is 0 Å². The molecule has 1 saturated heterocycles. The molecule has 1 amide bonds. The van der Waals surface area contributed by atoms with E-state index in [0.717, 1.165) is 0 Å². The summed E-state index contributed by atoms with van der Waals surface area (Å²) in [5.74, 6) is -6.28. The minimum absolute atomic E-state index is 0.261. The maximum atomic E-state index is 10.8. The standard InChI is InChI=1S/C6H5NO5/c8-2-1-7-5(10)3(2)4(9)6(11)12/h3H,1H2,(H,7,10)(H,11,12). The van der Waals surface area contributed by atoms with Crippen LogP contribution in [0.5, 0.6) is 0 Å². The van der Waals surface area contributed by atoms with E-state index in [4.69, 9.17) is 5.11 Å². The van der Waals surface area contributed by atoms with E-state index in [1.54, 1.807) is 0 Å². The van der Waals surface area contributed by atoms with Crippen molar-refractivity contribution in [3.8, 4) is 0 Å². The fraction of sp³-hybridized carbons (Fsp3) is 0.333. The number of hydrogen-bond donors (Lipinski definition) is 2. The first-order valence-electron chi connectivity index (χ1n) is 3.11. The van der Waals surface area contributed by atoms with E-state index in [9.17, 15) is 19.2 Å². The van der Waals surface area contributed by atoms with Crippen LogP contribution in [0, 0.1) is 5.92 Å². The van der Waals surface area contributed by atoms with Crippen LogP contribution in [0.2, 0.25) is 0 Å². The normalized spacial score (nSPS) is 22.2. The third kappa shape index (κ3) is 1.18. The molecule has 0 aromatic heterocycles. The zero-order valence-electron chi connectivity index (χ0n) is 5.86. The molecule has 12 heavy (non-hydrogen) atoms. The molecular weight excluding hydrogens is 166 g/mol. The Hall–Kier alpha value is -1.72. The molecule has 0 spiro atoms. The largest absolute Gasteiger partial charge is 0.475 e. The fourth-order valence-corrected chi connectivity index (χ4v) is 0.913. The van der Waals surface area contributed by atoms with Crippen LogP contribution < -0.4 is 5.32 Å². The van der Waals surface area contributed by atoms with Crippen LogP contribution in [0.25, 0.3) is 0 Å². The summed E-state index contributed by atoms with van der Waals surface area (Å²) in [4.78, 5) is 42.3. The number of ketones is 2. The van der Waals surface area contributed by atoms with Gasteiger partial charge in [0.15, 0.2) is 11.7 Å². The Morgan fingerprint density at radius 1 is 1.42 bits per heavy atom. The molecule has 0 aromatic rings. The molecule has 1 atom stereocenters. The minimum Gasteiger partial charge on any atom is -0.475 e. The summed E-state index contributed by atoms with van der Waals surface area (Å²) in [7, 11) is 0. The number of nitrogens with one attached hydrogen (secondary N) is 1. The molecule has 0 radical (unpaired) electrons. The van der Waals surface area contributed by atoms with Gasteiger partial charge in [-0.15, -0.1) is 0 Å².